The molecule has 3 N–H and O–H groups in total. The van der Waals surface area contributed by atoms with Crippen LogP contribution in [0.1, 0.15) is 23.0 Å². The third-order valence-electron chi connectivity index (χ3n) is 4.77. The first kappa shape index (κ1) is 20.9. The van der Waals surface area contributed by atoms with E-state index in [9.17, 15) is 9.90 Å². The molecule has 0 unspecified atom stereocenters. The number of carbonyl (C=O) groups excluding carboxylic acids is 1. The van der Waals surface area contributed by atoms with Gasteiger partial charge in [-0.2, -0.15) is 10.2 Å². The molecule has 7 nitrogen and oxygen atoms in total. The Morgan fingerprint density at radius 1 is 1.03 bits per heavy atom. The number of hydrazone groups is 1. The Balaban J connectivity index is 1.41. The standard InChI is InChI=1S/C25H22N4O3/c1-2-32-24-14-17(8-13-23(24)30)16-26-29-25(31)22-15-21(27-28-22)20-11-9-19(10-12-20)18-6-4-3-5-7-18/h3-16,30H,2H2,1H3,(H,27,28)(H,29,31). The maximum atomic E-state index is 12.4. The fourth-order valence-electron chi connectivity index (χ4n) is 3.16. The summed E-state index contributed by atoms with van der Waals surface area (Å²) in [7, 11) is 0. The molecule has 160 valence electrons. The third-order valence-corrected chi connectivity index (χ3v) is 4.77. The average Bonchev–Trinajstić information content (AvgIpc) is 3.32. The first-order valence-electron chi connectivity index (χ1n) is 10.1. The molecule has 3 aromatic carbocycles. The summed E-state index contributed by atoms with van der Waals surface area (Å²) in [5.74, 6) is -0.00110. The number of aromatic nitrogens is 2. The lowest BCUT2D eigenvalue weighted by Gasteiger charge is -2.05. The number of hydrogen-bond donors (Lipinski definition) is 3. The van der Waals surface area contributed by atoms with Crippen molar-refractivity contribution in [3.63, 3.8) is 0 Å². The summed E-state index contributed by atoms with van der Waals surface area (Å²) in [6.45, 7) is 2.26. The fraction of sp³-hybridized carbons (Fsp3) is 0.0800. The van der Waals surface area contributed by atoms with Gasteiger partial charge in [0, 0.05) is 5.56 Å². The maximum absolute atomic E-state index is 12.4. The van der Waals surface area contributed by atoms with Crippen molar-refractivity contribution in [1.29, 1.82) is 0 Å². The number of amides is 1. The van der Waals surface area contributed by atoms with Crippen LogP contribution < -0.4 is 10.2 Å². The summed E-state index contributed by atoms with van der Waals surface area (Å²) in [5.41, 5.74) is 7.25. The van der Waals surface area contributed by atoms with Crippen molar-refractivity contribution in [2.75, 3.05) is 6.61 Å². The molecule has 1 aromatic heterocycles. The van der Waals surface area contributed by atoms with Crippen molar-refractivity contribution in [2.45, 2.75) is 6.92 Å². The second-order valence-electron chi connectivity index (χ2n) is 6.97. The number of aromatic amines is 1. The van der Waals surface area contributed by atoms with Gasteiger partial charge in [-0.3, -0.25) is 9.89 Å². The van der Waals surface area contributed by atoms with Gasteiger partial charge in [0.05, 0.1) is 18.5 Å². The summed E-state index contributed by atoms with van der Waals surface area (Å²) in [4.78, 5) is 12.4. The smallest absolute Gasteiger partial charge is 0.289 e. The van der Waals surface area contributed by atoms with Crippen LogP contribution in [0.5, 0.6) is 11.5 Å². The summed E-state index contributed by atoms with van der Waals surface area (Å²) in [6, 6.07) is 24.6. The second-order valence-corrected chi connectivity index (χ2v) is 6.97. The van der Waals surface area contributed by atoms with E-state index in [1.165, 1.54) is 12.3 Å². The second kappa shape index (κ2) is 9.61. The van der Waals surface area contributed by atoms with Gasteiger partial charge in [-0.1, -0.05) is 54.6 Å². The highest BCUT2D eigenvalue weighted by Gasteiger charge is 2.11. The van der Waals surface area contributed by atoms with Gasteiger partial charge in [0.1, 0.15) is 5.69 Å². The van der Waals surface area contributed by atoms with Crippen LogP contribution in [0.3, 0.4) is 0 Å². The molecular formula is C25H22N4O3. The van der Waals surface area contributed by atoms with Crippen LogP contribution >= 0.6 is 0 Å². The van der Waals surface area contributed by atoms with Gasteiger partial charge in [0.25, 0.3) is 5.91 Å². The van der Waals surface area contributed by atoms with E-state index in [4.69, 9.17) is 4.74 Å². The minimum Gasteiger partial charge on any atom is -0.504 e. The van der Waals surface area contributed by atoms with E-state index < -0.39 is 5.91 Å². The lowest BCUT2D eigenvalue weighted by atomic mass is 10.0. The van der Waals surface area contributed by atoms with E-state index in [1.807, 2.05) is 49.4 Å². The van der Waals surface area contributed by atoms with Crippen molar-refractivity contribution in [1.82, 2.24) is 15.6 Å². The van der Waals surface area contributed by atoms with Crippen molar-refractivity contribution >= 4 is 12.1 Å². The molecular weight excluding hydrogens is 404 g/mol. The molecule has 1 heterocycles. The zero-order valence-corrected chi connectivity index (χ0v) is 17.4. The van der Waals surface area contributed by atoms with Gasteiger partial charge >= 0.3 is 0 Å². The summed E-state index contributed by atoms with van der Waals surface area (Å²) < 4.78 is 5.34. The zero-order chi connectivity index (χ0) is 22.3. The largest absolute Gasteiger partial charge is 0.504 e. The highest BCUT2D eigenvalue weighted by atomic mass is 16.5. The molecule has 4 aromatic rings. The Kier molecular flexibility index (Phi) is 6.27. The number of rotatable bonds is 7. The normalized spacial score (nSPS) is 10.9. The van der Waals surface area contributed by atoms with E-state index in [-0.39, 0.29) is 5.75 Å². The van der Waals surface area contributed by atoms with E-state index in [0.29, 0.717) is 29.3 Å². The summed E-state index contributed by atoms with van der Waals surface area (Å²) in [5, 5.41) is 20.7. The highest BCUT2D eigenvalue weighted by molar-refractivity contribution is 5.94. The van der Waals surface area contributed by atoms with Crippen LogP contribution in [0.2, 0.25) is 0 Å². The lowest BCUT2D eigenvalue weighted by Crippen LogP contribution is -2.18. The van der Waals surface area contributed by atoms with Gasteiger partial charge in [-0.05, 0) is 47.9 Å². The highest BCUT2D eigenvalue weighted by Crippen LogP contribution is 2.26. The maximum Gasteiger partial charge on any atom is 0.289 e. The molecule has 1 amide bonds. The number of H-pyrrole nitrogens is 1. The number of phenols is 1. The Morgan fingerprint density at radius 3 is 2.50 bits per heavy atom. The molecule has 0 fully saturated rings. The molecule has 0 saturated carbocycles. The Labute approximate surface area is 185 Å². The molecule has 7 heteroatoms. The number of nitrogens with one attached hydrogen (secondary N) is 2. The van der Waals surface area contributed by atoms with Gasteiger partial charge in [-0.25, -0.2) is 5.43 Å². The molecule has 0 radical (unpaired) electrons. The molecule has 0 saturated heterocycles. The van der Waals surface area contributed by atoms with Crippen LogP contribution in [-0.4, -0.2) is 34.0 Å². The predicted molar refractivity (Wildman–Crippen MR) is 124 cm³/mol. The third kappa shape index (κ3) is 4.84. The first-order chi connectivity index (χ1) is 15.6. The number of aromatic hydroxyl groups is 1. The van der Waals surface area contributed by atoms with E-state index in [0.717, 1.165) is 16.7 Å². The van der Waals surface area contributed by atoms with Gasteiger partial charge in [0.2, 0.25) is 0 Å². The van der Waals surface area contributed by atoms with E-state index >= 15 is 0 Å². The van der Waals surface area contributed by atoms with Crippen molar-refractivity contribution in [3.8, 4) is 33.9 Å². The fourth-order valence-corrected chi connectivity index (χ4v) is 3.16. The monoisotopic (exact) mass is 426 g/mol. The quantitative estimate of drug-likeness (QED) is 0.297. The summed E-state index contributed by atoms with van der Waals surface area (Å²) in [6.07, 6.45) is 1.47. The molecule has 0 spiro atoms. The number of phenolic OH excluding ortho intramolecular Hbond substituents is 1. The Hall–Kier alpha value is -4.39. The van der Waals surface area contributed by atoms with Crippen LogP contribution in [-0.2, 0) is 0 Å². The van der Waals surface area contributed by atoms with Gasteiger partial charge < -0.3 is 9.84 Å². The zero-order valence-electron chi connectivity index (χ0n) is 17.4. The van der Waals surface area contributed by atoms with Gasteiger partial charge in [-0.15, -0.1) is 0 Å². The number of hydrogen-bond acceptors (Lipinski definition) is 5. The van der Waals surface area contributed by atoms with Crippen LogP contribution in [0, 0.1) is 0 Å². The molecule has 4 rings (SSSR count). The number of carbonyl (C=O) groups is 1. The minimum atomic E-state index is -0.412. The summed E-state index contributed by atoms with van der Waals surface area (Å²) >= 11 is 0. The molecule has 0 atom stereocenters. The lowest BCUT2D eigenvalue weighted by molar-refractivity contribution is 0.0950. The van der Waals surface area contributed by atoms with Crippen LogP contribution in [0.15, 0.2) is 84.0 Å². The molecule has 0 aliphatic heterocycles. The van der Waals surface area contributed by atoms with Crippen molar-refractivity contribution < 1.29 is 14.6 Å². The number of ether oxygens (including phenoxy) is 1. The van der Waals surface area contributed by atoms with Gasteiger partial charge in [0.15, 0.2) is 11.5 Å². The number of nitrogens with zero attached hydrogens (tertiary/aromatic N) is 2. The Bertz CT molecular complexity index is 1230. The van der Waals surface area contributed by atoms with Crippen molar-refractivity contribution in [3.05, 3.63) is 90.1 Å². The predicted octanol–water partition coefficient (Wildman–Crippen LogP) is 4.61. The molecule has 32 heavy (non-hydrogen) atoms. The molecule has 0 aliphatic carbocycles. The van der Waals surface area contributed by atoms with Crippen LogP contribution in [0.4, 0.5) is 0 Å². The van der Waals surface area contributed by atoms with Crippen molar-refractivity contribution in [2.24, 2.45) is 5.10 Å². The van der Waals surface area contributed by atoms with E-state index in [1.54, 1.807) is 18.2 Å². The Morgan fingerprint density at radius 2 is 1.75 bits per heavy atom. The van der Waals surface area contributed by atoms with Crippen LogP contribution in [0.25, 0.3) is 22.4 Å². The number of benzene rings is 3. The first-order valence-corrected chi connectivity index (χ1v) is 10.1. The van der Waals surface area contributed by atoms with E-state index in [2.05, 4.69) is 32.9 Å². The SMILES string of the molecule is CCOc1cc(C=NNC(=O)c2cc(-c3ccc(-c4ccccc4)cc3)n[nH]2)ccc1O. The average molecular weight is 426 g/mol. The minimum absolute atomic E-state index is 0.0508. The molecule has 0 bridgehead atoms. The molecule has 0 aliphatic rings. The topological polar surface area (TPSA) is 99.6 Å².